The van der Waals surface area contributed by atoms with Gasteiger partial charge in [-0.25, -0.2) is 4.68 Å². The van der Waals surface area contributed by atoms with Crippen molar-refractivity contribution in [1.29, 1.82) is 0 Å². The Bertz CT molecular complexity index is 397. The predicted molar refractivity (Wildman–Crippen MR) is 66.4 cm³/mol. The maximum Gasteiger partial charge on any atom is 0.272 e. The third-order valence-electron chi connectivity index (χ3n) is 2.79. The fourth-order valence-corrected chi connectivity index (χ4v) is 1.70. The molecule has 0 aliphatic carbocycles. The average molecular weight is 253 g/mol. The van der Waals surface area contributed by atoms with E-state index in [-0.39, 0.29) is 0 Å². The van der Waals surface area contributed by atoms with Crippen LogP contribution in [0.15, 0.2) is 4.99 Å². The van der Waals surface area contributed by atoms with Crippen molar-refractivity contribution in [3.63, 3.8) is 0 Å². The molecular formula is C10H19N7O. The third kappa shape index (κ3) is 3.16. The van der Waals surface area contributed by atoms with Gasteiger partial charge in [0, 0.05) is 19.6 Å². The highest BCUT2D eigenvalue weighted by atomic mass is 16.5. The van der Waals surface area contributed by atoms with E-state index >= 15 is 0 Å². The molecule has 8 heteroatoms. The Morgan fingerprint density at radius 2 is 2.22 bits per heavy atom. The molecule has 1 aliphatic rings. The lowest BCUT2D eigenvalue weighted by Crippen LogP contribution is -2.44. The zero-order valence-corrected chi connectivity index (χ0v) is 10.6. The van der Waals surface area contributed by atoms with Gasteiger partial charge in [-0.3, -0.25) is 0 Å². The summed E-state index contributed by atoms with van der Waals surface area (Å²) in [5.74, 6) is 0.915. The topological polar surface area (TPSA) is 94.5 Å². The molecular weight excluding hydrogens is 234 g/mol. The van der Waals surface area contributed by atoms with Crippen LogP contribution in [0.1, 0.15) is 19.8 Å². The molecule has 0 radical (unpaired) electrons. The molecule has 2 N–H and O–H groups in total. The summed E-state index contributed by atoms with van der Waals surface area (Å²) in [6.07, 6.45) is 2.10. The van der Waals surface area contributed by atoms with Crippen LogP contribution in [-0.2, 0) is 11.3 Å². The molecule has 1 aliphatic heterocycles. The molecule has 0 bridgehead atoms. The van der Waals surface area contributed by atoms with E-state index in [1.807, 2.05) is 4.90 Å². The highest BCUT2D eigenvalue weighted by Gasteiger charge is 2.14. The second-order valence-corrected chi connectivity index (χ2v) is 4.13. The summed E-state index contributed by atoms with van der Waals surface area (Å²) < 4.78 is 6.94. The van der Waals surface area contributed by atoms with Gasteiger partial charge in [0.05, 0.1) is 13.2 Å². The lowest BCUT2D eigenvalue weighted by molar-refractivity contribution is 0.0675. The van der Waals surface area contributed by atoms with Crippen LogP contribution in [0.3, 0.4) is 0 Å². The number of aromatic nitrogens is 4. The molecule has 8 nitrogen and oxygen atoms in total. The zero-order valence-electron chi connectivity index (χ0n) is 10.6. The molecule has 0 aromatic carbocycles. The monoisotopic (exact) mass is 253 g/mol. The van der Waals surface area contributed by atoms with Gasteiger partial charge in [-0.2, -0.15) is 4.99 Å². The first kappa shape index (κ1) is 12.7. The Kier molecular flexibility index (Phi) is 4.46. The standard InChI is InChI=1S/C10H19N7O/c1-2-3-4-17-10(13-14-15-17)12-9(11)16-5-7-18-8-6-16/h2-8H2,1H3,(H2,11,12,13,15). The first-order valence-corrected chi connectivity index (χ1v) is 6.24. The van der Waals surface area contributed by atoms with Crippen molar-refractivity contribution < 1.29 is 4.74 Å². The highest BCUT2D eigenvalue weighted by Crippen LogP contribution is 2.07. The Labute approximate surface area is 106 Å². The molecule has 2 rings (SSSR count). The molecule has 0 atom stereocenters. The van der Waals surface area contributed by atoms with Crippen LogP contribution in [-0.4, -0.2) is 57.4 Å². The molecule has 1 fully saturated rings. The van der Waals surface area contributed by atoms with Gasteiger partial charge >= 0.3 is 0 Å². The minimum absolute atomic E-state index is 0.450. The Morgan fingerprint density at radius 3 is 2.94 bits per heavy atom. The van der Waals surface area contributed by atoms with Gasteiger partial charge in [-0.05, 0) is 16.8 Å². The van der Waals surface area contributed by atoms with Crippen molar-refractivity contribution in [3.05, 3.63) is 0 Å². The summed E-state index contributed by atoms with van der Waals surface area (Å²) >= 11 is 0. The largest absolute Gasteiger partial charge is 0.378 e. The first-order valence-electron chi connectivity index (χ1n) is 6.24. The lowest BCUT2D eigenvalue weighted by Gasteiger charge is -2.27. The van der Waals surface area contributed by atoms with E-state index in [1.165, 1.54) is 0 Å². The number of aliphatic imine (C=N–C) groups is 1. The Balaban J connectivity index is 2.04. The summed E-state index contributed by atoms with van der Waals surface area (Å²) in [6, 6.07) is 0. The van der Waals surface area contributed by atoms with Crippen LogP contribution >= 0.6 is 0 Å². The van der Waals surface area contributed by atoms with E-state index in [9.17, 15) is 0 Å². The van der Waals surface area contributed by atoms with Gasteiger partial charge in [0.2, 0.25) is 0 Å². The third-order valence-corrected chi connectivity index (χ3v) is 2.79. The summed E-state index contributed by atoms with van der Waals surface area (Å²) in [7, 11) is 0. The normalized spacial score (nSPS) is 17.2. The summed E-state index contributed by atoms with van der Waals surface area (Å²) in [5, 5.41) is 11.4. The van der Waals surface area contributed by atoms with E-state index < -0.39 is 0 Å². The molecule has 2 heterocycles. The second kappa shape index (κ2) is 6.29. The van der Waals surface area contributed by atoms with Crippen molar-refractivity contribution in [2.24, 2.45) is 10.7 Å². The van der Waals surface area contributed by atoms with E-state index in [0.29, 0.717) is 25.1 Å². The number of hydrogen-bond acceptors (Lipinski definition) is 5. The average Bonchev–Trinajstić information content (AvgIpc) is 2.84. The van der Waals surface area contributed by atoms with Crippen LogP contribution < -0.4 is 5.73 Å². The summed E-state index contributed by atoms with van der Waals surface area (Å²) in [6.45, 7) is 5.75. The van der Waals surface area contributed by atoms with Crippen LogP contribution in [0.2, 0.25) is 0 Å². The molecule has 1 aromatic heterocycles. The number of guanidine groups is 1. The van der Waals surface area contributed by atoms with Crippen molar-refractivity contribution in [1.82, 2.24) is 25.1 Å². The fraction of sp³-hybridized carbons (Fsp3) is 0.800. The molecule has 0 unspecified atom stereocenters. The van der Waals surface area contributed by atoms with Crippen LogP contribution in [0.5, 0.6) is 0 Å². The number of morpholine rings is 1. The minimum atomic E-state index is 0.450. The van der Waals surface area contributed by atoms with Gasteiger partial charge in [0.1, 0.15) is 0 Å². The highest BCUT2D eigenvalue weighted by molar-refractivity contribution is 5.80. The summed E-state index contributed by atoms with van der Waals surface area (Å²) in [4.78, 5) is 6.26. The molecule has 0 saturated carbocycles. The van der Waals surface area contributed by atoms with Gasteiger partial charge in [-0.1, -0.05) is 18.4 Å². The van der Waals surface area contributed by atoms with Crippen molar-refractivity contribution >= 4 is 11.9 Å². The number of nitrogens with zero attached hydrogens (tertiary/aromatic N) is 6. The second-order valence-electron chi connectivity index (χ2n) is 4.13. The summed E-state index contributed by atoms with van der Waals surface area (Å²) in [5.41, 5.74) is 5.95. The van der Waals surface area contributed by atoms with Crippen LogP contribution in [0.25, 0.3) is 0 Å². The van der Waals surface area contributed by atoms with Gasteiger partial charge in [0.25, 0.3) is 5.95 Å². The molecule has 18 heavy (non-hydrogen) atoms. The van der Waals surface area contributed by atoms with Crippen LogP contribution in [0, 0.1) is 0 Å². The van der Waals surface area contributed by atoms with E-state index in [0.717, 1.165) is 32.5 Å². The van der Waals surface area contributed by atoms with E-state index in [4.69, 9.17) is 10.5 Å². The van der Waals surface area contributed by atoms with Crippen molar-refractivity contribution in [2.75, 3.05) is 26.3 Å². The molecule has 100 valence electrons. The van der Waals surface area contributed by atoms with Gasteiger partial charge < -0.3 is 15.4 Å². The van der Waals surface area contributed by atoms with E-state index in [1.54, 1.807) is 4.68 Å². The fourth-order valence-electron chi connectivity index (χ4n) is 1.70. The quantitative estimate of drug-likeness (QED) is 0.587. The predicted octanol–water partition coefficient (Wildman–Crippen LogP) is -0.248. The Morgan fingerprint density at radius 1 is 1.44 bits per heavy atom. The number of hydrogen-bond donors (Lipinski definition) is 1. The van der Waals surface area contributed by atoms with Crippen molar-refractivity contribution in [2.45, 2.75) is 26.3 Å². The number of tetrazole rings is 1. The van der Waals surface area contributed by atoms with Crippen LogP contribution in [0.4, 0.5) is 5.95 Å². The SMILES string of the molecule is CCCCn1nnnc1N=C(N)N1CCOCC1. The molecule has 0 amide bonds. The Hall–Kier alpha value is -1.70. The number of nitrogens with two attached hydrogens (primary N) is 1. The van der Waals surface area contributed by atoms with E-state index in [2.05, 4.69) is 27.4 Å². The number of unbranched alkanes of at least 4 members (excludes halogenated alkanes) is 1. The van der Waals surface area contributed by atoms with Crippen molar-refractivity contribution in [3.8, 4) is 0 Å². The molecule has 1 aromatic rings. The maximum absolute atomic E-state index is 5.95. The lowest BCUT2D eigenvalue weighted by atomic mass is 10.3. The first-order chi connectivity index (χ1) is 8.81. The van der Waals surface area contributed by atoms with Gasteiger partial charge in [-0.15, -0.1) is 0 Å². The number of aryl methyl sites for hydroxylation is 1. The maximum atomic E-state index is 5.95. The number of ether oxygens (including phenoxy) is 1. The zero-order chi connectivity index (χ0) is 12.8. The molecule has 0 spiro atoms. The van der Waals surface area contributed by atoms with Gasteiger partial charge in [0.15, 0.2) is 5.96 Å². The number of rotatable bonds is 4. The smallest absolute Gasteiger partial charge is 0.272 e. The molecule has 1 saturated heterocycles. The minimum Gasteiger partial charge on any atom is -0.378 e.